The zero-order valence-corrected chi connectivity index (χ0v) is 11.8. The Morgan fingerprint density at radius 2 is 1.67 bits per heavy atom. The van der Waals surface area contributed by atoms with Crippen LogP contribution in [0.3, 0.4) is 0 Å². The van der Waals surface area contributed by atoms with E-state index < -0.39 is 22.4 Å². The molecule has 0 spiro atoms. The first-order valence-corrected chi connectivity index (χ1v) is 6.35. The number of benzene rings is 2. The molecule has 4 nitrogen and oxygen atoms in total. The first kappa shape index (κ1) is 15.3. The van der Waals surface area contributed by atoms with Gasteiger partial charge in [0, 0.05) is 10.5 Å². The van der Waals surface area contributed by atoms with E-state index in [1.54, 1.807) is 12.1 Å². The molecule has 0 radical (unpaired) electrons. The van der Waals surface area contributed by atoms with Crippen molar-refractivity contribution in [2.75, 3.05) is 0 Å². The number of halogens is 4. The molecule has 0 heterocycles. The number of alkyl halides is 3. The van der Waals surface area contributed by atoms with E-state index in [2.05, 4.69) is 15.9 Å². The fourth-order valence-corrected chi connectivity index (χ4v) is 1.81. The van der Waals surface area contributed by atoms with Crippen molar-refractivity contribution >= 4 is 21.6 Å². The topological polar surface area (TPSA) is 52.4 Å². The number of nitro benzene ring substituents is 1. The molecular weight excluding hydrogens is 355 g/mol. The van der Waals surface area contributed by atoms with Gasteiger partial charge in [0.15, 0.2) is 0 Å². The highest BCUT2D eigenvalue weighted by Gasteiger charge is 2.33. The fourth-order valence-electron chi connectivity index (χ4n) is 1.55. The molecule has 110 valence electrons. The number of nitrogens with zero attached hydrogens (tertiary/aromatic N) is 1. The van der Waals surface area contributed by atoms with Crippen LogP contribution >= 0.6 is 15.9 Å². The van der Waals surface area contributed by atoms with Gasteiger partial charge in [-0.25, -0.2) is 0 Å². The molecule has 2 aromatic rings. The van der Waals surface area contributed by atoms with E-state index in [1.807, 2.05) is 0 Å². The lowest BCUT2D eigenvalue weighted by atomic mass is 10.2. The molecule has 0 N–H and O–H groups in total. The molecule has 0 aliphatic carbocycles. The highest BCUT2D eigenvalue weighted by atomic mass is 79.9. The molecule has 0 fully saturated rings. The second-order valence-electron chi connectivity index (χ2n) is 4.03. The van der Waals surface area contributed by atoms with Gasteiger partial charge in [-0.15, -0.1) is 0 Å². The Hall–Kier alpha value is -2.09. The van der Waals surface area contributed by atoms with Crippen LogP contribution in [-0.4, -0.2) is 4.92 Å². The van der Waals surface area contributed by atoms with Crippen LogP contribution in [-0.2, 0) is 6.18 Å². The highest BCUT2D eigenvalue weighted by Crippen LogP contribution is 2.36. The van der Waals surface area contributed by atoms with Crippen molar-refractivity contribution in [2.45, 2.75) is 6.18 Å². The van der Waals surface area contributed by atoms with Crippen molar-refractivity contribution in [3.05, 3.63) is 62.6 Å². The van der Waals surface area contributed by atoms with E-state index in [9.17, 15) is 23.3 Å². The van der Waals surface area contributed by atoms with Crippen molar-refractivity contribution in [1.29, 1.82) is 0 Å². The molecule has 21 heavy (non-hydrogen) atoms. The van der Waals surface area contributed by atoms with Crippen LogP contribution in [0.25, 0.3) is 0 Å². The third kappa shape index (κ3) is 3.94. The monoisotopic (exact) mass is 361 g/mol. The molecule has 0 saturated carbocycles. The summed E-state index contributed by atoms with van der Waals surface area (Å²) in [5.74, 6) is 0.0191. The van der Waals surface area contributed by atoms with Gasteiger partial charge in [-0.2, -0.15) is 13.2 Å². The SMILES string of the molecule is O=[N+]([O-])c1cc(Oc2ccc(Br)cc2)cc(C(F)(F)F)c1. The predicted molar refractivity (Wildman–Crippen MR) is 72.3 cm³/mol. The molecule has 2 rings (SSSR count). The van der Waals surface area contributed by atoms with E-state index in [0.29, 0.717) is 6.07 Å². The van der Waals surface area contributed by atoms with Crippen molar-refractivity contribution in [3.63, 3.8) is 0 Å². The van der Waals surface area contributed by atoms with Gasteiger partial charge in [0.25, 0.3) is 5.69 Å². The van der Waals surface area contributed by atoms with E-state index in [1.165, 1.54) is 12.1 Å². The standard InChI is InChI=1S/C13H7BrF3NO3/c14-9-1-3-11(4-2-9)21-12-6-8(13(15,16)17)5-10(7-12)18(19)20/h1-7H. The van der Waals surface area contributed by atoms with Crippen molar-refractivity contribution in [2.24, 2.45) is 0 Å². The number of non-ortho nitro benzene ring substituents is 1. The predicted octanol–water partition coefficient (Wildman–Crippen LogP) is 5.17. The average Bonchev–Trinajstić information content (AvgIpc) is 2.40. The maximum absolute atomic E-state index is 12.7. The number of hydrogen-bond donors (Lipinski definition) is 0. The third-order valence-electron chi connectivity index (χ3n) is 2.48. The van der Waals surface area contributed by atoms with Gasteiger partial charge in [-0.1, -0.05) is 15.9 Å². The van der Waals surface area contributed by atoms with E-state index in [-0.39, 0.29) is 11.5 Å². The summed E-state index contributed by atoms with van der Waals surface area (Å²) in [6.45, 7) is 0. The molecular formula is C13H7BrF3NO3. The Morgan fingerprint density at radius 3 is 2.19 bits per heavy atom. The van der Waals surface area contributed by atoms with Gasteiger partial charge in [0.05, 0.1) is 16.6 Å². The molecule has 2 aromatic carbocycles. The first-order chi connectivity index (χ1) is 9.75. The third-order valence-corrected chi connectivity index (χ3v) is 3.01. The van der Waals surface area contributed by atoms with Crippen LogP contribution in [0.15, 0.2) is 46.9 Å². The Balaban J connectivity index is 2.40. The number of hydrogen-bond acceptors (Lipinski definition) is 3. The minimum absolute atomic E-state index is 0.251. The van der Waals surface area contributed by atoms with Gasteiger partial charge >= 0.3 is 6.18 Å². The molecule has 0 aliphatic rings. The van der Waals surface area contributed by atoms with Crippen LogP contribution in [0.2, 0.25) is 0 Å². The van der Waals surface area contributed by atoms with Crippen LogP contribution < -0.4 is 4.74 Å². The maximum atomic E-state index is 12.7. The smallest absolute Gasteiger partial charge is 0.416 e. The van der Waals surface area contributed by atoms with Crippen molar-refractivity contribution < 1.29 is 22.8 Å². The molecule has 0 saturated heterocycles. The zero-order chi connectivity index (χ0) is 15.6. The Bertz CT molecular complexity index is 671. The number of nitro groups is 1. The van der Waals surface area contributed by atoms with Crippen molar-refractivity contribution in [1.82, 2.24) is 0 Å². The van der Waals surface area contributed by atoms with Crippen LogP contribution in [0, 0.1) is 10.1 Å². The van der Waals surface area contributed by atoms with Gasteiger partial charge in [-0.05, 0) is 30.3 Å². The molecule has 0 unspecified atom stereocenters. The highest BCUT2D eigenvalue weighted by molar-refractivity contribution is 9.10. The van der Waals surface area contributed by atoms with E-state index in [4.69, 9.17) is 4.74 Å². The minimum Gasteiger partial charge on any atom is -0.457 e. The fraction of sp³-hybridized carbons (Fsp3) is 0.0769. The Morgan fingerprint density at radius 1 is 1.05 bits per heavy atom. The lowest BCUT2D eigenvalue weighted by Crippen LogP contribution is -2.06. The summed E-state index contributed by atoms with van der Waals surface area (Å²) >= 11 is 3.21. The van der Waals surface area contributed by atoms with Crippen molar-refractivity contribution in [3.8, 4) is 11.5 Å². The van der Waals surface area contributed by atoms with Gasteiger partial charge in [0.1, 0.15) is 11.5 Å². The lowest BCUT2D eigenvalue weighted by Gasteiger charge is -2.10. The first-order valence-electron chi connectivity index (χ1n) is 5.56. The Kier molecular flexibility index (Phi) is 4.17. The summed E-state index contributed by atoms with van der Waals surface area (Å²) in [5, 5.41) is 10.7. The molecule has 0 aromatic heterocycles. The number of ether oxygens (including phenoxy) is 1. The summed E-state index contributed by atoms with van der Waals surface area (Å²) in [6, 6.07) is 8.45. The van der Waals surface area contributed by atoms with Crippen LogP contribution in [0.5, 0.6) is 11.5 Å². The van der Waals surface area contributed by atoms with E-state index in [0.717, 1.165) is 16.6 Å². The number of rotatable bonds is 3. The summed E-state index contributed by atoms with van der Waals surface area (Å²) in [6.07, 6.45) is -4.69. The maximum Gasteiger partial charge on any atom is 0.416 e. The molecule has 0 bridgehead atoms. The van der Waals surface area contributed by atoms with Crippen LogP contribution in [0.4, 0.5) is 18.9 Å². The van der Waals surface area contributed by atoms with Gasteiger partial charge in [-0.3, -0.25) is 10.1 Å². The molecule has 0 amide bonds. The van der Waals surface area contributed by atoms with Gasteiger partial charge < -0.3 is 4.74 Å². The second-order valence-corrected chi connectivity index (χ2v) is 4.94. The molecule has 0 atom stereocenters. The average molecular weight is 362 g/mol. The van der Waals surface area contributed by atoms with E-state index >= 15 is 0 Å². The summed E-state index contributed by atoms with van der Waals surface area (Å²) < 4.78 is 44.2. The quantitative estimate of drug-likeness (QED) is 0.559. The normalized spacial score (nSPS) is 11.2. The largest absolute Gasteiger partial charge is 0.457 e. The van der Waals surface area contributed by atoms with Crippen LogP contribution in [0.1, 0.15) is 5.56 Å². The lowest BCUT2D eigenvalue weighted by molar-refractivity contribution is -0.385. The summed E-state index contributed by atoms with van der Waals surface area (Å²) in [5.41, 5.74) is -1.82. The van der Waals surface area contributed by atoms with Gasteiger partial charge in [0.2, 0.25) is 0 Å². The summed E-state index contributed by atoms with van der Waals surface area (Å²) in [4.78, 5) is 9.81. The Labute approximate surface area is 125 Å². The molecule has 8 heteroatoms. The molecule has 0 aliphatic heterocycles. The summed E-state index contributed by atoms with van der Waals surface area (Å²) in [7, 11) is 0. The zero-order valence-electron chi connectivity index (χ0n) is 10.2. The second kappa shape index (κ2) is 5.72. The minimum atomic E-state index is -4.69.